The molecule has 5 heteroatoms. The highest BCUT2D eigenvalue weighted by molar-refractivity contribution is 5.69. The van der Waals surface area contributed by atoms with E-state index in [0.717, 1.165) is 12.8 Å². The highest BCUT2D eigenvalue weighted by Gasteiger charge is 2.33. The van der Waals surface area contributed by atoms with Crippen LogP contribution in [0.1, 0.15) is 31.9 Å². The van der Waals surface area contributed by atoms with Gasteiger partial charge in [-0.15, -0.1) is 0 Å². The Hall–Kier alpha value is -1.59. The summed E-state index contributed by atoms with van der Waals surface area (Å²) in [6.45, 7) is 5.84. The zero-order chi connectivity index (χ0) is 16.3. The zero-order valence-corrected chi connectivity index (χ0v) is 13.6. The van der Waals surface area contributed by atoms with E-state index in [9.17, 15) is 9.90 Å². The lowest BCUT2D eigenvalue weighted by atomic mass is 10.1. The third-order valence-electron chi connectivity index (χ3n) is 3.78. The first-order chi connectivity index (χ1) is 10.3. The van der Waals surface area contributed by atoms with Gasteiger partial charge in [0.2, 0.25) is 0 Å². The normalized spacial score (nSPS) is 16.2. The first-order valence-electron chi connectivity index (χ1n) is 7.74. The number of hydrogen-bond donors (Lipinski definition) is 2. The number of aliphatic hydroxyl groups excluding tert-OH is 1. The third kappa shape index (κ3) is 4.21. The highest BCUT2D eigenvalue weighted by Crippen LogP contribution is 2.26. The van der Waals surface area contributed by atoms with Crippen LogP contribution < -0.4 is 5.73 Å². The summed E-state index contributed by atoms with van der Waals surface area (Å²) in [4.78, 5) is 14.1. The predicted octanol–water partition coefficient (Wildman–Crippen LogP) is 1.71. The molecule has 0 fully saturated rings. The number of rotatable bonds is 4. The predicted molar refractivity (Wildman–Crippen MR) is 85.6 cm³/mol. The fourth-order valence-corrected chi connectivity index (χ4v) is 2.75. The molecule has 1 aliphatic rings. The van der Waals surface area contributed by atoms with Crippen LogP contribution in [0.25, 0.3) is 0 Å². The van der Waals surface area contributed by atoms with Crippen LogP contribution in [0.4, 0.5) is 4.79 Å². The Morgan fingerprint density at radius 1 is 1.36 bits per heavy atom. The van der Waals surface area contributed by atoms with E-state index in [-0.39, 0.29) is 19.1 Å². The second kappa shape index (κ2) is 6.67. The molecule has 3 N–H and O–H groups in total. The smallest absolute Gasteiger partial charge is 0.410 e. The number of fused-ring (bicyclic) bond motifs is 1. The SMILES string of the molecule is CC(C)(C)OC(=O)N(C[C@H](O)CN)C1Cc2ccccc2C1. The van der Waals surface area contributed by atoms with Crippen LogP contribution in [-0.4, -0.2) is 46.9 Å². The van der Waals surface area contributed by atoms with Gasteiger partial charge in [-0.25, -0.2) is 4.79 Å². The molecule has 1 aliphatic carbocycles. The Balaban J connectivity index is 2.14. The summed E-state index contributed by atoms with van der Waals surface area (Å²) >= 11 is 0. The average Bonchev–Trinajstić information content (AvgIpc) is 2.85. The molecule has 1 atom stereocenters. The van der Waals surface area contributed by atoms with Gasteiger partial charge in [-0.1, -0.05) is 24.3 Å². The molecule has 0 saturated heterocycles. The Bertz CT molecular complexity index is 500. The third-order valence-corrected chi connectivity index (χ3v) is 3.78. The highest BCUT2D eigenvalue weighted by atomic mass is 16.6. The quantitative estimate of drug-likeness (QED) is 0.888. The van der Waals surface area contributed by atoms with Crippen LogP contribution in [-0.2, 0) is 17.6 Å². The van der Waals surface area contributed by atoms with E-state index in [2.05, 4.69) is 12.1 Å². The van der Waals surface area contributed by atoms with E-state index >= 15 is 0 Å². The lowest BCUT2D eigenvalue weighted by Crippen LogP contribution is -2.48. The fraction of sp³-hybridized carbons (Fsp3) is 0.588. The molecule has 1 aromatic carbocycles. The van der Waals surface area contributed by atoms with Crippen LogP contribution in [0.15, 0.2) is 24.3 Å². The van der Waals surface area contributed by atoms with Crippen LogP contribution >= 0.6 is 0 Å². The van der Waals surface area contributed by atoms with Crippen LogP contribution in [0.3, 0.4) is 0 Å². The van der Waals surface area contributed by atoms with E-state index < -0.39 is 17.8 Å². The Morgan fingerprint density at radius 2 is 1.91 bits per heavy atom. The van der Waals surface area contributed by atoms with Gasteiger partial charge in [0.1, 0.15) is 5.60 Å². The Morgan fingerprint density at radius 3 is 2.36 bits per heavy atom. The van der Waals surface area contributed by atoms with Gasteiger partial charge in [0.05, 0.1) is 12.6 Å². The maximum Gasteiger partial charge on any atom is 0.410 e. The van der Waals surface area contributed by atoms with Crippen molar-refractivity contribution in [1.29, 1.82) is 0 Å². The maximum absolute atomic E-state index is 12.5. The number of amides is 1. The number of aliphatic hydroxyl groups is 1. The van der Waals surface area contributed by atoms with E-state index in [1.54, 1.807) is 4.90 Å². The molecule has 0 heterocycles. The number of benzene rings is 1. The van der Waals surface area contributed by atoms with Crippen LogP contribution in [0, 0.1) is 0 Å². The summed E-state index contributed by atoms with van der Waals surface area (Å²) < 4.78 is 5.49. The summed E-state index contributed by atoms with van der Waals surface area (Å²) in [5, 5.41) is 9.88. The van der Waals surface area contributed by atoms with Gasteiger partial charge in [0.25, 0.3) is 0 Å². The van der Waals surface area contributed by atoms with Gasteiger partial charge in [-0.2, -0.15) is 0 Å². The van der Waals surface area contributed by atoms with Gasteiger partial charge in [-0.3, -0.25) is 0 Å². The Labute approximate surface area is 132 Å². The number of nitrogens with two attached hydrogens (primary N) is 1. The van der Waals surface area contributed by atoms with Crippen LogP contribution in [0.2, 0.25) is 0 Å². The molecular formula is C17H26N2O3. The minimum Gasteiger partial charge on any atom is -0.444 e. The molecule has 2 rings (SSSR count). The summed E-state index contributed by atoms with van der Waals surface area (Å²) in [5.41, 5.74) is 7.45. The molecule has 22 heavy (non-hydrogen) atoms. The van der Waals surface area contributed by atoms with Gasteiger partial charge in [0.15, 0.2) is 0 Å². The molecule has 1 aromatic rings. The summed E-state index contributed by atoms with van der Waals surface area (Å²) in [5.74, 6) is 0. The fourth-order valence-electron chi connectivity index (χ4n) is 2.75. The van der Waals surface area contributed by atoms with Gasteiger partial charge in [-0.05, 0) is 44.7 Å². The number of carbonyl (C=O) groups is 1. The monoisotopic (exact) mass is 306 g/mol. The average molecular weight is 306 g/mol. The van der Waals surface area contributed by atoms with Crippen molar-refractivity contribution in [3.8, 4) is 0 Å². The number of carbonyl (C=O) groups excluding carboxylic acids is 1. The number of hydrogen-bond acceptors (Lipinski definition) is 4. The minimum atomic E-state index is -0.740. The molecule has 0 aliphatic heterocycles. The van der Waals surface area contributed by atoms with Crippen LogP contribution in [0.5, 0.6) is 0 Å². The second-order valence-electron chi connectivity index (χ2n) is 6.85. The summed E-state index contributed by atoms with van der Waals surface area (Å²) in [6, 6.07) is 8.19. The molecule has 5 nitrogen and oxygen atoms in total. The topological polar surface area (TPSA) is 75.8 Å². The van der Waals surface area contributed by atoms with Crippen molar-refractivity contribution in [2.45, 2.75) is 51.4 Å². The van der Waals surface area contributed by atoms with Crippen molar-refractivity contribution in [2.24, 2.45) is 5.73 Å². The van der Waals surface area contributed by atoms with E-state index in [1.807, 2.05) is 32.9 Å². The van der Waals surface area contributed by atoms with Gasteiger partial charge in [0, 0.05) is 12.6 Å². The molecular weight excluding hydrogens is 280 g/mol. The lowest BCUT2D eigenvalue weighted by molar-refractivity contribution is 0.00574. The lowest BCUT2D eigenvalue weighted by Gasteiger charge is -2.32. The standard InChI is InChI=1S/C17H26N2O3/c1-17(2,3)22-16(21)19(11-15(20)10-18)14-8-12-6-4-5-7-13(12)9-14/h4-7,14-15,20H,8-11,18H2,1-3H3/t15-/m1/s1. The number of nitrogens with zero attached hydrogens (tertiary/aromatic N) is 1. The van der Waals surface area contributed by atoms with Gasteiger partial charge < -0.3 is 20.5 Å². The molecule has 0 unspecified atom stereocenters. The van der Waals surface area contributed by atoms with Crippen molar-refractivity contribution in [2.75, 3.05) is 13.1 Å². The van der Waals surface area contributed by atoms with Crippen molar-refractivity contribution in [1.82, 2.24) is 4.90 Å². The second-order valence-corrected chi connectivity index (χ2v) is 6.85. The molecule has 1 amide bonds. The van der Waals surface area contributed by atoms with Crippen molar-refractivity contribution < 1.29 is 14.6 Å². The largest absolute Gasteiger partial charge is 0.444 e. The van der Waals surface area contributed by atoms with E-state index in [4.69, 9.17) is 10.5 Å². The van der Waals surface area contributed by atoms with Crippen molar-refractivity contribution in [3.63, 3.8) is 0 Å². The molecule has 0 radical (unpaired) electrons. The first kappa shape index (κ1) is 16.8. The molecule has 0 saturated carbocycles. The van der Waals surface area contributed by atoms with Crippen molar-refractivity contribution >= 4 is 6.09 Å². The summed E-state index contributed by atoms with van der Waals surface area (Å²) in [7, 11) is 0. The van der Waals surface area contributed by atoms with Crippen molar-refractivity contribution in [3.05, 3.63) is 35.4 Å². The maximum atomic E-state index is 12.5. The molecule has 0 aromatic heterocycles. The Kier molecular flexibility index (Phi) is 5.08. The molecule has 122 valence electrons. The van der Waals surface area contributed by atoms with E-state index in [0.29, 0.717) is 0 Å². The molecule has 0 spiro atoms. The van der Waals surface area contributed by atoms with Gasteiger partial charge >= 0.3 is 6.09 Å². The number of ether oxygens (including phenoxy) is 1. The zero-order valence-electron chi connectivity index (χ0n) is 13.6. The minimum absolute atomic E-state index is 0.00782. The van der Waals surface area contributed by atoms with E-state index in [1.165, 1.54) is 11.1 Å². The first-order valence-corrected chi connectivity index (χ1v) is 7.74. The summed E-state index contributed by atoms with van der Waals surface area (Å²) in [6.07, 6.45) is 0.438. The molecule has 0 bridgehead atoms.